The number of rotatable bonds is 6. The molecule has 1 fully saturated rings. The second kappa shape index (κ2) is 9.46. The number of amides is 2. The average molecular weight is 370 g/mol. The highest BCUT2D eigenvalue weighted by molar-refractivity contribution is 5.74. The number of benzene rings is 1. The molecule has 1 saturated heterocycles. The quantitative estimate of drug-likeness (QED) is 0.850. The molecule has 2 aromatic rings. The molecule has 0 spiro atoms. The van der Waals surface area contributed by atoms with E-state index in [9.17, 15) is 9.18 Å². The van der Waals surface area contributed by atoms with Gasteiger partial charge < -0.3 is 15.1 Å². The summed E-state index contributed by atoms with van der Waals surface area (Å²) in [5, 5.41) is 2.98. The van der Waals surface area contributed by atoms with Crippen LogP contribution in [0.4, 0.5) is 9.18 Å². The topological polar surface area (TPSA) is 48.5 Å². The van der Waals surface area contributed by atoms with Gasteiger partial charge in [-0.25, -0.2) is 9.18 Å². The van der Waals surface area contributed by atoms with Crippen LogP contribution in [0.2, 0.25) is 0 Å². The molecule has 0 aliphatic carbocycles. The van der Waals surface area contributed by atoms with Crippen molar-refractivity contribution in [3.63, 3.8) is 0 Å². The summed E-state index contributed by atoms with van der Waals surface area (Å²) in [4.78, 5) is 21.2. The summed E-state index contributed by atoms with van der Waals surface area (Å²) in [6.07, 6.45) is 5.90. The first-order chi connectivity index (χ1) is 13.1. The number of hydrogen-bond acceptors (Lipinski definition) is 3. The SMILES string of the molecule is CN1CCC(N(Cc2ccncc2)C(=O)NCCc2ccccc2F)CC1. The molecule has 3 rings (SSSR count). The highest BCUT2D eigenvalue weighted by Crippen LogP contribution is 2.18. The van der Waals surface area contributed by atoms with Gasteiger partial charge >= 0.3 is 6.03 Å². The Bertz CT molecular complexity index is 732. The first kappa shape index (κ1) is 19.3. The number of aromatic nitrogens is 1. The lowest BCUT2D eigenvalue weighted by atomic mass is 10.0. The van der Waals surface area contributed by atoms with Crippen molar-refractivity contribution in [1.29, 1.82) is 0 Å². The molecule has 0 radical (unpaired) electrons. The van der Waals surface area contributed by atoms with Crippen molar-refractivity contribution in [2.24, 2.45) is 0 Å². The first-order valence-electron chi connectivity index (χ1n) is 9.49. The van der Waals surface area contributed by atoms with Gasteiger partial charge in [0.05, 0.1) is 0 Å². The van der Waals surface area contributed by atoms with E-state index in [0.717, 1.165) is 31.5 Å². The van der Waals surface area contributed by atoms with Crippen molar-refractivity contribution >= 4 is 6.03 Å². The van der Waals surface area contributed by atoms with Gasteiger partial charge in [-0.15, -0.1) is 0 Å². The molecule has 1 aromatic carbocycles. The standard InChI is InChI=1S/C21H27FN4O/c1-25-14-9-19(10-15-25)26(16-17-6-11-23-12-7-17)21(27)24-13-8-18-4-2-3-5-20(18)22/h2-7,11-12,19H,8-10,13-16H2,1H3,(H,24,27). The number of hydrogen-bond donors (Lipinski definition) is 1. The minimum atomic E-state index is -0.226. The van der Waals surface area contributed by atoms with Crippen LogP contribution < -0.4 is 5.32 Å². The Balaban J connectivity index is 1.62. The Morgan fingerprint density at radius 2 is 1.93 bits per heavy atom. The van der Waals surface area contributed by atoms with Gasteiger partial charge in [-0.2, -0.15) is 0 Å². The van der Waals surface area contributed by atoms with E-state index in [-0.39, 0.29) is 17.9 Å². The Labute approximate surface area is 160 Å². The van der Waals surface area contributed by atoms with Crippen LogP contribution in [0, 0.1) is 5.82 Å². The fraction of sp³-hybridized carbons (Fsp3) is 0.429. The van der Waals surface area contributed by atoms with Gasteiger partial charge in [-0.3, -0.25) is 4.98 Å². The molecule has 5 nitrogen and oxygen atoms in total. The molecule has 27 heavy (non-hydrogen) atoms. The van der Waals surface area contributed by atoms with Gasteiger partial charge in [-0.05, 0) is 68.7 Å². The molecule has 1 N–H and O–H groups in total. The van der Waals surface area contributed by atoms with E-state index in [1.165, 1.54) is 6.07 Å². The predicted molar refractivity (Wildman–Crippen MR) is 104 cm³/mol. The number of nitrogens with zero attached hydrogens (tertiary/aromatic N) is 3. The molecule has 1 aliphatic heterocycles. The van der Waals surface area contributed by atoms with E-state index in [1.807, 2.05) is 23.1 Å². The Morgan fingerprint density at radius 1 is 1.22 bits per heavy atom. The minimum Gasteiger partial charge on any atom is -0.338 e. The summed E-state index contributed by atoms with van der Waals surface area (Å²) in [5.41, 5.74) is 1.69. The van der Waals surface area contributed by atoms with E-state index >= 15 is 0 Å². The zero-order valence-corrected chi connectivity index (χ0v) is 15.8. The van der Waals surface area contributed by atoms with Crippen molar-refractivity contribution in [1.82, 2.24) is 20.1 Å². The molecule has 1 aromatic heterocycles. The zero-order chi connectivity index (χ0) is 19.1. The van der Waals surface area contributed by atoms with Crippen molar-refractivity contribution in [3.8, 4) is 0 Å². The van der Waals surface area contributed by atoms with Crippen LogP contribution in [0.25, 0.3) is 0 Å². The Hall–Kier alpha value is -2.47. The summed E-state index contributed by atoms with van der Waals surface area (Å²) in [7, 11) is 2.11. The summed E-state index contributed by atoms with van der Waals surface area (Å²) in [6, 6.07) is 10.7. The Kier molecular flexibility index (Phi) is 6.76. The molecular weight excluding hydrogens is 343 g/mol. The maximum absolute atomic E-state index is 13.8. The van der Waals surface area contributed by atoms with Crippen molar-refractivity contribution in [2.45, 2.75) is 31.8 Å². The van der Waals surface area contributed by atoms with Gasteiger partial charge in [0.2, 0.25) is 0 Å². The van der Waals surface area contributed by atoms with Crippen LogP contribution in [0.5, 0.6) is 0 Å². The highest BCUT2D eigenvalue weighted by atomic mass is 19.1. The van der Waals surface area contributed by atoms with E-state index < -0.39 is 0 Å². The second-order valence-electron chi connectivity index (χ2n) is 7.09. The molecule has 0 bridgehead atoms. The average Bonchev–Trinajstić information content (AvgIpc) is 2.69. The smallest absolute Gasteiger partial charge is 0.317 e. The summed E-state index contributed by atoms with van der Waals surface area (Å²) in [6.45, 7) is 2.95. The van der Waals surface area contributed by atoms with E-state index in [4.69, 9.17) is 0 Å². The lowest BCUT2D eigenvalue weighted by molar-refractivity contribution is 0.127. The van der Waals surface area contributed by atoms with Crippen molar-refractivity contribution in [2.75, 3.05) is 26.7 Å². The van der Waals surface area contributed by atoms with Crippen LogP contribution in [0.1, 0.15) is 24.0 Å². The van der Waals surface area contributed by atoms with Gasteiger partial charge in [0.15, 0.2) is 0 Å². The Morgan fingerprint density at radius 3 is 2.63 bits per heavy atom. The lowest BCUT2D eigenvalue weighted by Crippen LogP contribution is -2.50. The zero-order valence-electron chi connectivity index (χ0n) is 15.8. The molecule has 0 atom stereocenters. The largest absolute Gasteiger partial charge is 0.338 e. The number of urea groups is 1. The van der Waals surface area contributed by atoms with Crippen LogP contribution in [-0.2, 0) is 13.0 Å². The van der Waals surface area contributed by atoms with Gasteiger partial charge in [0.1, 0.15) is 5.82 Å². The highest BCUT2D eigenvalue weighted by Gasteiger charge is 2.27. The second-order valence-corrected chi connectivity index (χ2v) is 7.09. The summed E-state index contributed by atoms with van der Waals surface area (Å²) >= 11 is 0. The van der Waals surface area contributed by atoms with Crippen molar-refractivity contribution in [3.05, 3.63) is 65.7 Å². The number of halogens is 1. The normalized spacial score (nSPS) is 15.5. The van der Waals surface area contributed by atoms with E-state index in [0.29, 0.717) is 25.1 Å². The maximum atomic E-state index is 13.8. The third-order valence-corrected chi connectivity index (χ3v) is 5.12. The molecule has 6 heteroatoms. The number of carbonyl (C=O) groups excluding carboxylic acids is 1. The summed E-state index contributed by atoms with van der Waals surface area (Å²) < 4.78 is 13.8. The number of piperidine rings is 1. The molecule has 0 unspecified atom stereocenters. The molecular formula is C21H27FN4O. The van der Waals surface area contributed by atoms with Crippen LogP contribution in [0.3, 0.4) is 0 Å². The number of likely N-dealkylation sites (tertiary alicyclic amines) is 1. The van der Waals surface area contributed by atoms with E-state index in [1.54, 1.807) is 24.5 Å². The third kappa shape index (κ3) is 5.50. The predicted octanol–water partition coefficient (Wildman–Crippen LogP) is 3.07. The van der Waals surface area contributed by atoms with E-state index in [2.05, 4.69) is 22.2 Å². The van der Waals surface area contributed by atoms with Crippen molar-refractivity contribution < 1.29 is 9.18 Å². The van der Waals surface area contributed by atoms with Gasteiger partial charge in [0, 0.05) is 31.5 Å². The number of pyridine rings is 1. The first-order valence-corrected chi connectivity index (χ1v) is 9.49. The van der Waals surface area contributed by atoms with Gasteiger partial charge in [0.25, 0.3) is 0 Å². The fourth-order valence-electron chi connectivity index (χ4n) is 3.47. The minimum absolute atomic E-state index is 0.0855. The van der Waals surface area contributed by atoms with Gasteiger partial charge in [-0.1, -0.05) is 18.2 Å². The molecule has 1 aliphatic rings. The van der Waals surface area contributed by atoms with Crippen LogP contribution in [0.15, 0.2) is 48.8 Å². The third-order valence-electron chi connectivity index (χ3n) is 5.12. The fourth-order valence-corrected chi connectivity index (χ4v) is 3.47. The number of carbonyl (C=O) groups is 1. The summed E-state index contributed by atoms with van der Waals surface area (Å²) in [5.74, 6) is -0.226. The number of nitrogens with one attached hydrogen (secondary N) is 1. The molecule has 2 amide bonds. The van der Waals surface area contributed by atoms with Crippen LogP contribution in [-0.4, -0.2) is 53.5 Å². The molecule has 2 heterocycles. The van der Waals surface area contributed by atoms with Crippen LogP contribution >= 0.6 is 0 Å². The maximum Gasteiger partial charge on any atom is 0.317 e. The monoisotopic (exact) mass is 370 g/mol. The molecule has 144 valence electrons. The molecule has 0 saturated carbocycles. The lowest BCUT2D eigenvalue weighted by Gasteiger charge is -2.37.